The van der Waals surface area contributed by atoms with E-state index in [1.54, 1.807) is 6.07 Å². The van der Waals surface area contributed by atoms with Gasteiger partial charge in [0.15, 0.2) is 0 Å². The summed E-state index contributed by atoms with van der Waals surface area (Å²) in [6.45, 7) is 4.41. The largest absolute Gasteiger partial charge is 0.476 e. The van der Waals surface area contributed by atoms with Crippen molar-refractivity contribution in [3.8, 4) is 5.88 Å². The number of halogens is 1. The third-order valence-corrected chi connectivity index (χ3v) is 3.96. The summed E-state index contributed by atoms with van der Waals surface area (Å²) >= 11 is 0. The molecule has 1 aliphatic heterocycles. The summed E-state index contributed by atoms with van der Waals surface area (Å²) < 4.78 is 18.7. The van der Waals surface area contributed by atoms with Gasteiger partial charge in [0.1, 0.15) is 24.1 Å². The highest BCUT2D eigenvalue weighted by Crippen LogP contribution is 2.21. The Balaban J connectivity index is 1.51. The maximum Gasteiger partial charge on any atom is 0.251 e. The van der Waals surface area contributed by atoms with Crippen LogP contribution in [0.1, 0.15) is 29.0 Å². The molecule has 0 atom stereocenters. The van der Waals surface area contributed by atoms with Crippen LogP contribution < -0.4 is 15.0 Å². The minimum absolute atomic E-state index is 0.275. The number of carbonyl (C=O) groups excluding carboxylic acids is 1. The summed E-state index contributed by atoms with van der Waals surface area (Å²) in [6.07, 6.45) is 2.34. The zero-order chi connectivity index (χ0) is 17.6. The molecule has 1 saturated heterocycles. The molecule has 2 aromatic rings. The average Bonchev–Trinajstić information content (AvgIpc) is 3.13. The Bertz CT molecular complexity index is 748. The first-order valence-corrected chi connectivity index (χ1v) is 8.39. The molecular formula is C18H21FN4O2. The number of hydrogen-bond donors (Lipinski definition) is 1. The van der Waals surface area contributed by atoms with Crippen molar-refractivity contribution in [2.75, 3.05) is 31.1 Å². The Morgan fingerprint density at radius 2 is 2.08 bits per heavy atom. The first-order valence-electron chi connectivity index (χ1n) is 8.39. The van der Waals surface area contributed by atoms with Crippen LogP contribution in [0, 0.1) is 12.7 Å². The van der Waals surface area contributed by atoms with Crippen molar-refractivity contribution in [1.29, 1.82) is 0 Å². The lowest BCUT2D eigenvalue weighted by atomic mass is 10.2. The van der Waals surface area contributed by atoms with E-state index >= 15 is 0 Å². The van der Waals surface area contributed by atoms with Gasteiger partial charge in [-0.25, -0.2) is 9.37 Å². The SMILES string of the molecule is Cc1nc(OCCNC(=O)c2cccc(F)c2)cc(N2CCCC2)n1. The van der Waals surface area contributed by atoms with Gasteiger partial charge in [-0.05, 0) is 38.0 Å². The van der Waals surface area contributed by atoms with Crippen molar-refractivity contribution < 1.29 is 13.9 Å². The second kappa shape index (κ2) is 7.92. The smallest absolute Gasteiger partial charge is 0.251 e. The first kappa shape index (κ1) is 17.1. The number of aromatic nitrogens is 2. The maximum atomic E-state index is 13.1. The molecule has 1 aromatic carbocycles. The lowest BCUT2D eigenvalue weighted by Crippen LogP contribution is -2.28. The molecule has 6 nitrogen and oxygen atoms in total. The zero-order valence-corrected chi connectivity index (χ0v) is 14.2. The highest BCUT2D eigenvalue weighted by atomic mass is 19.1. The standard InChI is InChI=1S/C18H21FN4O2/c1-13-21-16(23-8-2-3-9-23)12-17(22-13)25-10-7-20-18(24)14-5-4-6-15(19)11-14/h4-6,11-12H,2-3,7-10H2,1H3,(H,20,24). The van der Waals surface area contributed by atoms with Gasteiger partial charge in [-0.2, -0.15) is 4.98 Å². The Kier molecular flexibility index (Phi) is 5.42. The molecule has 0 saturated carbocycles. The van der Waals surface area contributed by atoms with E-state index in [2.05, 4.69) is 20.2 Å². The molecule has 1 aliphatic rings. The molecule has 1 N–H and O–H groups in total. The van der Waals surface area contributed by atoms with Gasteiger partial charge in [0, 0.05) is 24.7 Å². The quantitative estimate of drug-likeness (QED) is 0.815. The van der Waals surface area contributed by atoms with E-state index in [9.17, 15) is 9.18 Å². The Hall–Kier alpha value is -2.70. The predicted octanol–water partition coefficient (Wildman–Crippen LogP) is 2.33. The van der Waals surface area contributed by atoms with Gasteiger partial charge in [-0.3, -0.25) is 4.79 Å². The summed E-state index contributed by atoms with van der Waals surface area (Å²) in [6, 6.07) is 7.40. The van der Waals surface area contributed by atoms with Crippen molar-refractivity contribution in [3.63, 3.8) is 0 Å². The summed E-state index contributed by atoms with van der Waals surface area (Å²) in [5.41, 5.74) is 0.286. The number of rotatable bonds is 6. The molecule has 1 amide bonds. The lowest BCUT2D eigenvalue weighted by Gasteiger charge is -2.17. The van der Waals surface area contributed by atoms with Crippen LogP contribution in [0.5, 0.6) is 5.88 Å². The second-order valence-electron chi connectivity index (χ2n) is 5.92. The number of ether oxygens (including phenoxy) is 1. The van der Waals surface area contributed by atoms with Crippen molar-refractivity contribution in [1.82, 2.24) is 15.3 Å². The topological polar surface area (TPSA) is 67.3 Å². The molecule has 3 rings (SSSR count). The monoisotopic (exact) mass is 344 g/mol. The number of anilines is 1. The average molecular weight is 344 g/mol. The molecule has 0 unspecified atom stereocenters. The first-order chi connectivity index (χ1) is 12.1. The zero-order valence-electron chi connectivity index (χ0n) is 14.2. The van der Waals surface area contributed by atoms with E-state index < -0.39 is 5.82 Å². The van der Waals surface area contributed by atoms with Gasteiger partial charge in [0.2, 0.25) is 5.88 Å². The Labute approximate surface area is 146 Å². The molecule has 25 heavy (non-hydrogen) atoms. The summed E-state index contributed by atoms with van der Waals surface area (Å²) in [5, 5.41) is 2.70. The second-order valence-corrected chi connectivity index (χ2v) is 5.92. The number of nitrogens with one attached hydrogen (secondary N) is 1. The number of aryl methyl sites for hydroxylation is 1. The van der Waals surface area contributed by atoms with Crippen molar-refractivity contribution >= 4 is 11.7 Å². The van der Waals surface area contributed by atoms with E-state index in [0.29, 0.717) is 18.2 Å². The Morgan fingerprint density at radius 1 is 1.28 bits per heavy atom. The fraction of sp³-hybridized carbons (Fsp3) is 0.389. The minimum atomic E-state index is -0.435. The molecule has 132 valence electrons. The normalized spacial score (nSPS) is 13.8. The fourth-order valence-electron chi connectivity index (χ4n) is 2.76. The number of nitrogens with zero attached hydrogens (tertiary/aromatic N) is 3. The van der Waals surface area contributed by atoms with Crippen molar-refractivity contribution in [2.24, 2.45) is 0 Å². The van der Waals surface area contributed by atoms with Crippen molar-refractivity contribution in [2.45, 2.75) is 19.8 Å². The molecule has 0 bridgehead atoms. The Morgan fingerprint density at radius 3 is 2.84 bits per heavy atom. The number of amides is 1. The molecular weight excluding hydrogens is 323 g/mol. The summed E-state index contributed by atoms with van der Waals surface area (Å²) in [4.78, 5) is 22.9. The predicted molar refractivity (Wildman–Crippen MR) is 92.4 cm³/mol. The van der Waals surface area contributed by atoms with Gasteiger partial charge in [-0.1, -0.05) is 6.07 Å². The van der Waals surface area contributed by atoms with Crippen LogP contribution in [0.25, 0.3) is 0 Å². The van der Waals surface area contributed by atoms with Crippen LogP contribution in [0.4, 0.5) is 10.2 Å². The molecule has 1 fully saturated rings. The van der Waals surface area contributed by atoms with E-state index in [0.717, 1.165) is 18.9 Å². The number of carbonyl (C=O) groups is 1. The molecule has 0 radical (unpaired) electrons. The fourth-order valence-corrected chi connectivity index (χ4v) is 2.76. The lowest BCUT2D eigenvalue weighted by molar-refractivity contribution is 0.0946. The number of benzene rings is 1. The minimum Gasteiger partial charge on any atom is -0.476 e. The van der Waals surface area contributed by atoms with Gasteiger partial charge in [-0.15, -0.1) is 0 Å². The van der Waals surface area contributed by atoms with Gasteiger partial charge < -0.3 is 15.0 Å². The van der Waals surface area contributed by atoms with Gasteiger partial charge >= 0.3 is 0 Å². The molecule has 0 aliphatic carbocycles. The summed E-state index contributed by atoms with van der Waals surface area (Å²) in [7, 11) is 0. The van der Waals surface area contributed by atoms with E-state index in [4.69, 9.17) is 4.74 Å². The molecule has 7 heteroatoms. The summed E-state index contributed by atoms with van der Waals surface area (Å²) in [5.74, 6) is 1.26. The van der Waals surface area contributed by atoms with Gasteiger partial charge in [0.25, 0.3) is 5.91 Å². The van der Waals surface area contributed by atoms with Crippen LogP contribution in [0.3, 0.4) is 0 Å². The van der Waals surface area contributed by atoms with Crippen LogP contribution >= 0.6 is 0 Å². The third kappa shape index (κ3) is 4.65. The molecule has 2 heterocycles. The number of hydrogen-bond acceptors (Lipinski definition) is 5. The van der Waals surface area contributed by atoms with E-state index in [-0.39, 0.29) is 18.1 Å². The van der Waals surface area contributed by atoms with Crippen LogP contribution in [-0.4, -0.2) is 42.1 Å². The van der Waals surface area contributed by atoms with E-state index in [1.807, 2.05) is 13.0 Å². The van der Waals surface area contributed by atoms with Crippen LogP contribution in [0.2, 0.25) is 0 Å². The highest BCUT2D eigenvalue weighted by molar-refractivity contribution is 5.94. The highest BCUT2D eigenvalue weighted by Gasteiger charge is 2.15. The van der Waals surface area contributed by atoms with Crippen LogP contribution in [-0.2, 0) is 0 Å². The third-order valence-electron chi connectivity index (χ3n) is 3.96. The van der Waals surface area contributed by atoms with Gasteiger partial charge in [0.05, 0.1) is 6.54 Å². The molecule has 0 spiro atoms. The van der Waals surface area contributed by atoms with E-state index in [1.165, 1.54) is 31.0 Å². The van der Waals surface area contributed by atoms with Crippen LogP contribution in [0.15, 0.2) is 30.3 Å². The maximum absolute atomic E-state index is 13.1. The van der Waals surface area contributed by atoms with Crippen molar-refractivity contribution in [3.05, 3.63) is 47.5 Å². The molecule has 1 aromatic heterocycles.